The summed E-state index contributed by atoms with van der Waals surface area (Å²) in [6.45, 7) is 1.81. The molecule has 0 unspecified atom stereocenters. The van der Waals surface area contributed by atoms with Gasteiger partial charge in [0.1, 0.15) is 18.4 Å². The van der Waals surface area contributed by atoms with Gasteiger partial charge in [-0.1, -0.05) is 67.6 Å². The highest BCUT2D eigenvalue weighted by atomic mass is 16.5. The monoisotopic (exact) mass is 417 g/mol. The maximum Gasteiger partial charge on any atom is 0.407 e. The van der Waals surface area contributed by atoms with E-state index in [-0.39, 0.29) is 18.3 Å². The van der Waals surface area contributed by atoms with E-state index in [4.69, 9.17) is 4.74 Å². The summed E-state index contributed by atoms with van der Waals surface area (Å²) < 4.78 is 5.47. The number of ether oxygens (including phenoxy) is 1. The molecule has 31 heavy (non-hydrogen) atoms. The van der Waals surface area contributed by atoms with Gasteiger partial charge in [0, 0.05) is 11.8 Å². The molecule has 0 fully saturated rings. The number of carbonyl (C=O) groups excluding carboxylic acids is 1. The van der Waals surface area contributed by atoms with Gasteiger partial charge in [0.15, 0.2) is 0 Å². The van der Waals surface area contributed by atoms with Crippen molar-refractivity contribution in [1.29, 1.82) is 0 Å². The number of aromatic hydroxyl groups is 1. The molecule has 0 heterocycles. The number of carbonyl (C=O) groups is 2. The average molecular weight is 417 g/mol. The van der Waals surface area contributed by atoms with Crippen LogP contribution in [0.25, 0.3) is 11.1 Å². The van der Waals surface area contributed by atoms with Crippen molar-refractivity contribution in [2.45, 2.75) is 24.8 Å². The molecule has 158 valence electrons. The Hall–Kier alpha value is -3.80. The van der Waals surface area contributed by atoms with Crippen molar-refractivity contribution < 1.29 is 24.5 Å². The van der Waals surface area contributed by atoms with Crippen LogP contribution in [0.15, 0.2) is 72.8 Å². The molecular weight excluding hydrogens is 394 g/mol. The lowest BCUT2D eigenvalue weighted by molar-refractivity contribution is -0.139. The van der Waals surface area contributed by atoms with Gasteiger partial charge in [-0.05, 0) is 39.9 Å². The van der Waals surface area contributed by atoms with Crippen LogP contribution >= 0.6 is 0 Å². The fourth-order valence-corrected chi connectivity index (χ4v) is 4.14. The minimum atomic E-state index is -1.17. The highest BCUT2D eigenvalue weighted by Crippen LogP contribution is 2.44. The maximum absolute atomic E-state index is 12.5. The zero-order valence-corrected chi connectivity index (χ0v) is 17.0. The number of benzene rings is 3. The molecule has 1 aliphatic rings. The molecule has 3 aromatic carbocycles. The second-order valence-electron chi connectivity index (χ2n) is 7.67. The van der Waals surface area contributed by atoms with Gasteiger partial charge in [0.2, 0.25) is 0 Å². The van der Waals surface area contributed by atoms with Crippen LogP contribution in [0, 0.1) is 0 Å². The number of phenols is 1. The number of carboxylic acid groups (broad SMARTS) is 1. The van der Waals surface area contributed by atoms with Crippen LogP contribution in [0.5, 0.6) is 5.75 Å². The Balaban J connectivity index is 1.46. The third kappa shape index (κ3) is 4.10. The Morgan fingerprint density at radius 2 is 1.48 bits per heavy atom. The van der Waals surface area contributed by atoms with E-state index in [0.29, 0.717) is 5.56 Å². The molecule has 3 aromatic rings. The van der Waals surface area contributed by atoms with E-state index in [1.165, 1.54) is 12.1 Å². The molecule has 0 bridgehead atoms. The minimum absolute atomic E-state index is 0.0901. The van der Waals surface area contributed by atoms with Gasteiger partial charge in [-0.3, -0.25) is 0 Å². The summed E-state index contributed by atoms with van der Waals surface area (Å²) in [4.78, 5) is 24.3. The Morgan fingerprint density at radius 1 is 0.935 bits per heavy atom. The van der Waals surface area contributed by atoms with Crippen molar-refractivity contribution in [3.63, 3.8) is 0 Å². The fraction of sp³-hybridized carbons (Fsp3) is 0.200. The molecule has 0 spiro atoms. The quantitative estimate of drug-likeness (QED) is 0.549. The third-order valence-electron chi connectivity index (χ3n) is 5.80. The summed E-state index contributed by atoms with van der Waals surface area (Å²) in [6.07, 6.45) is -0.778. The first-order valence-corrected chi connectivity index (χ1v) is 10.1. The topological polar surface area (TPSA) is 95.9 Å². The van der Waals surface area contributed by atoms with Crippen LogP contribution in [-0.4, -0.2) is 34.9 Å². The summed E-state index contributed by atoms with van der Waals surface area (Å²) in [5.74, 6) is -1.68. The van der Waals surface area contributed by atoms with E-state index >= 15 is 0 Å². The number of fused-ring (bicyclic) bond motifs is 3. The molecule has 6 heteroatoms. The molecule has 4 rings (SSSR count). The van der Waals surface area contributed by atoms with Crippen LogP contribution in [-0.2, 0) is 9.53 Å². The standard InChI is InChI=1S/C25H23NO5/c1-15(16-10-12-17(27)13-11-16)23(24(28)29)26-25(30)31-14-22-20-8-4-2-6-18(20)19-7-3-5-9-21(19)22/h2-13,15,22-23,27H,14H2,1H3,(H,26,30)(H,28,29)/t15-,23+/m0/s1. The third-order valence-corrected chi connectivity index (χ3v) is 5.80. The molecule has 0 saturated heterocycles. The van der Waals surface area contributed by atoms with Crippen molar-refractivity contribution in [1.82, 2.24) is 5.32 Å². The van der Waals surface area contributed by atoms with Crippen molar-refractivity contribution >= 4 is 12.1 Å². The first-order chi connectivity index (χ1) is 15.0. The first kappa shape index (κ1) is 20.5. The second-order valence-corrected chi connectivity index (χ2v) is 7.67. The molecule has 0 radical (unpaired) electrons. The number of nitrogens with one attached hydrogen (secondary N) is 1. The minimum Gasteiger partial charge on any atom is -0.508 e. The Morgan fingerprint density at radius 3 is 2.03 bits per heavy atom. The summed E-state index contributed by atoms with van der Waals surface area (Å²) in [6, 6.07) is 21.1. The van der Waals surface area contributed by atoms with Crippen LogP contribution in [0.1, 0.15) is 35.4 Å². The molecule has 0 aromatic heterocycles. The zero-order chi connectivity index (χ0) is 22.0. The summed E-state index contributed by atoms with van der Waals surface area (Å²) in [7, 11) is 0. The summed E-state index contributed by atoms with van der Waals surface area (Å²) in [5, 5.41) is 21.5. The lowest BCUT2D eigenvalue weighted by Crippen LogP contribution is -2.44. The van der Waals surface area contributed by atoms with E-state index in [9.17, 15) is 19.8 Å². The lowest BCUT2D eigenvalue weighted by Gasteiger charge is -2.22. The maximum atomic E-state index is 12.5. The molecule has 3 N–H and O–H groups in total. The number of carboxylic acids is 1. The molecule has 6 nitrogen and oxygen atoms in total. The molecule has 0 saturated carbocycles. The van der Waals surface area contributed by atoms with Gasteiger partial charge >= 0.3 is 12.1 Å². The van der Waals surface area contributed by atoms with Crippen LogP contribution in [0.4, 0.5) is 4.79 Å². The number of aliphatic carboxylic acids is 1. The van der Waals surface area contributed by atoms with Gasteiger partial charge < -0.3 is 20.3 Å². The number of hydrogen-bond acceptors (Lipinski definition) is 4. The molecule has 0 aliphatic heterocycles. The van der Waals surface area contributed by atoms with Gasteiger partial charge in [-0.2, -0.15) is 0 Å². The summed E-state index contributed by atoms with van der Waals surface area (Å²) >= 11 is 0. The predicted molar refractivity (Wildman–Crippen MR) is 116 cm³/mol. The average Bonchev–Trinajstić information content (AvgIpc) is 3.10. The van der Waals surface area contributed by atoms with Gasteiger partial charge in [0.25, 0.3) is 0 Å². The van der Waals surface area contributed by atoms with E-state index in [0.717, 1.165) is 22.3 Å². The van der Waals surface area contributed by atoms with E-state index < -0.39 is 24.0 Å². The van der Waals surface area contributed by atoms with Gasteiger partial charge in [-0.25, -0.2) is 9.59 Å². The molecule has 1 amide bonds. The predicted octanol–water partition coefficient (Wildman–Crippen LogP) is 4.49. The van der Waals surface area contributed by atoms with Crippen molar-refractivity contribution in [3.05, 3.63) is 89.5 Å². The lowest BCUT2D eigenvalue weighted by atomic mass is 9.93. The van der Waals surface area contributed by atoms with E-state index in [1.54, 1.807) is 19.1 Å². The van der Waals surface area contributed by atoms with Crippen molar-refractivity contribution in [3.8, 4) is 16.9 Å². The van der Waals surface area contributed by atoms with Crippen molar-refractivity contribution in [2.24, 2.45) is 0 Å². The second kappa shape index (κ2) is 8.52. The highest BCUT2D eigenvalue weighted by molar-refractivity contribution is 5.82. The van der Waals surface area contributed by atoms with Crippen molar-refractivity contribution in [2.75, 3.05) is 6.61 Å². The smallest absolute Gasteiger partial charge is 0.407 e. The molecule has 2 atom stereocenters. The number of hydrogen-bond donors (Lipinski definition) is 3. The Bertz CT molecular complexity index is 1060. The van der Waals surface area contributed by atoms with E-state index in [2.05, 4.69) is 5.32 Å². The van der Waals surface area contributed by atoms with Crippen LogP contribution in [0.3, 0.4) is 0 Å². The highest BCUT2D eigenvalue weighted by Gasteiger charge is 2.31. The Labute approximate surface area is 180 Å². The fourth-order valence-electron chi connectivity index (χ4n) is 4.14. The van der Waals surface area contributed by atoms with Crippen LogP contribution in [0.2, 0.25) is 0 Å². The largest absolute Gasteiger partial charge is 0.508 e. The first-order valence-electron chi connectivity index (χ1n) is 10.1. The normalized spacial score (nSPS) is 14.2. The number of phenolic OH excluding ortho intramolecular Hbond substituents is 1. The Kier molecular flexibility index (Phi) is 5.62. The summed E-state index contributed by atoms with van der Waals surface area (Å²) in [5.41, 5.74) is 5.10. The SMILES string of the molecule is C[C@@H](c1ccc(O)cc1)[C@@H](NC(=O)OCC1c2ccccc2-c2ccccc21)C(=O)O. The number of amides is 1. The van der Waals surface area contributed by atoms with Gasteiger partial charge in [0.05, 0.1) is 0 Å². The zero-order valence-electron chi connectivity index (χ0n) is 17.0. The van der Waals surface area contributed by atoms with Crippen LogP contribution < -0.4 is 5.32 Å². The molecule has 1 aliphatic carbocycles. The number of rotatable bonds is 6. The number of alkyl carbamates (subject to hydrolysis) is 1. The van der Waals surface area contributed by atoms with Gasteiger partial charge in [-0.15, -0.1) is 0 Å². The van der Waals surface area contributed by atoms with E-state index in [1.807, 2.05) is 48.5 Å². The molecular formula is C25H23NO5.